The molecule has 0 aliphatic heterocycles. The zero-order chi connectivity index (χ0) is 11.6. The second-order valence-corrected chi connectivity index (χ2v) is 5.44. The Kier molecular flexibility index (Phi) is 3.77. The number of allylic oxidation sites excluding steroid dienone is 3. The predicted octanol–water partition coefficient (Wildman–Crippen LogP) is 3.55. The summed E-state index contributed by atoms with van der Waals surface area (Å²) >= 11 is 0. The maximum absolute atomic E-state index is 9.41. The third-order valence-corrected chi connectivity index (χ3v) is 4.03. The van der Waals surface area contributed by atoms with Crippen molar-refractivity contribution in [1.82, 2.24) is 0 Å². The van der Waals surface area contributed by atoms with Crippen molar-refractivity contribution in [1.29, 1.82) is 0 Å². The fourth-order valence-electron chi connectivity index (χ4n) is 1.94. The van der Waals surface area contributed by atoms with Gasteiger partial charge in [0, 0.05) is 0 Å². The van der Waals surface area contributed by atoms with Crippen LogP contribution in [-0.2, 0) is 0 Å². The molecule has 0 aromatic heterocycles. The van der Waals surface area contributed by atoms with Gasteiger partial charge in [0.05, 0.1) is 6.10 Å². The highest BCUT2D eigenvalue weighted by Gasteiger charge is 2.32. The second-order valence-electron chi connectivity index (χ2n) is 5.44. The van der Waals surface area contributed by atoms with Crippen molar-refractivity contribution >= 4 is 0 Å². The van der Waals surface area contributed by atoms with E-state index >= 15 is 0 Å². The molecule has 0 bridgehead atoms. The molecule has 1 aliphatic carbocycles. The quantitative estimate of drug-likeness (QED) is 0.703. The molecule has 86 valence electrons. The second kappa shape index (κ2) is 4.52. The Morgan fingerprint density at radius 2 is 2.07 bits per heavy atom. The van der Waals surface area contributed by atoms with E-state index in [1.54, 1.807) is 0 Å². The van der Waals surface area contributed by atoms with E-state index in [4.69, 9.17) is 0 Å². The maximum atomic E-state index is 9.41. The molecular formula is C14H24O. The molecule has 0 aromatic rings. The Balaban J connectivity index is 2.62. The average molecular weight is 208 g/mol. The third kappa shape index (κ3) is 2.72. The van der Waals surface area contributed by atoms with Crippen LogP contribution in [0.25, 0.3) is 0 Å². The number of rotatable bonds is 3. The van der Waals surface area contributed by atoms with Crippen LogP contribution in [0, 0.1) is 17.3 Å². The Labute approximate surface area is 93.9 Å². The largest absolute Gasteiger partial charge is 0.393 e. The lowest BCUT2D eigenvalue weighted by Crippen LogP contribution is -2.19. The minimum absolute atomic E-state index is 0.250. The SMILES string of the molecule is CC1=CC[C@@H](C=C[C@@H](C)[C@@H](C)O)C1(C)C. The maximum Gasteiger partial charge on any atom is 0.0572 e. The fraction of sp³-hybridized carbons (Fsp3) is 0.714. The van der Waals surface area contributed by atoms with E-state index in [2.05, 4.69) is 45.9 Å². The Morgan fingerprint density at radius 1 is 1.47 bits per heavy atom. The molecule has 1 aliphatic rings. The molecule has 0 saturated carbocycles. The average Bonchev–Trinajstić information content (AvgIpc) is 2.39. The van der Waals surface area contributed by atoms with Crippen molar-refractivity contribution in [3.63, 3.8) is 0 Å². The summed E-state index contributed by atoms with van der Waals surface area (Å²) in [5, 5.41) is 9.41. The summed E-state index contributed by atoms with van der Waals surface area (Å²) in [6.45, 7) is 10.7. The molecular weight excluding hydrogens is 184 g/mol. The van der Waals surface area contributed by atoms with E-state index in [0.29, 0.717) is 5.92 Å². The molecule has 0 heterocycles. The van der Waals surface area contributed by atoms with Gasteiger partial charge in [-0.2, -0.15) is 0 Å². The van der Waals surface area contributed by atoms with E-state index < -0.39 is 0 Å². The van der Waals surface area contributed by atoms with Gasteiger partial charge in [0.25, 0.3) is 0 Å². The minimum atomic E-state index is -0.250. The van der Waals surface area contributed by atoms with Crippen molar-refractivity contribution in [2.24, 2.45) is 17.3 Å². The van der Waals surface area contributed by atoms with Crippen LogP contribution in [0.2, 0.25) is 0 Å². The molecule has 1 heteroatoms. The first kappa shape index (κ1) is 12.5. The van der Waals surface area contributed by atoms with Crippen LogP contribution in [-0.4, -0.2) is 11.2 Å². The lowest BCUT2D eigenvalue weighted by molar-refractivity contribution is 0.156. The first-order valence-electron chi connectivity index (χ1n) is 5.89. The van der Waals surface area contributed by atoms with Gasteiger partial charge in [0.1, 0.15) is 0 Å². The molecule has 1 rings (SSSR count). The van der Waals surface area contributed by atoms with E-state index in [1.807, 2.05) is 6.92 Å². The molecule has 0 unspecified atom stereocenters. The highest BCUT2D eigenvalue weighted by atomic mass is 16.3. The van der Waals surface area contributed by atoms with Crippen molar-refractivity contribution in [2.75, 3.05) is 0 Å². The molecule has 3 atom stereocenters. The molecule has 1 N–H and O–H groups in total. The highest BCUT2D eigenvalue weighted by molar-refractivity contribution is 5.22. The van der Waals surface area contributed by atoms with Gasteiger partial charge in [-0.3, -0.25) is 0 Å². The van der Waals surface area contributed by atoms with Gasteiger partial charge >= 0.3 is 0 Å². The van der Waals surface area contributed by atoms with Crippen molar-refractivity contribution in [3.8, 4) is 0 Å². The van der Waals surface area contributed by atoms with E-state index in [9.17, 15) is 5.11 Å². The number of hydrogen-bond donors (Lipinski definition) is 1. The first-order valence-corrected chi connectivity index (χ1v) is 5.89. The monoisotopic (exact) mass is 208 g/mol. The summed E-state index contributed by atoms with van der Waals surface area (Å²) in [6.07, 6.45) is 7.66. The smallest absolute Gasteiger partial charge is 0.0572 e. The molecule has 0 saturated heterocycles. The number of hydrogen-bond acceptors (Lipinski definition) is 1. The summed E-state index contributed by atoms with van der Waals surface area (Å²) < 4.78 is 0. The molecule has 0 amide bonds. The van der Waals surface area contributed by atoms with Crippen LogP contribution in [0.5, 0.6) is 0 Å². The fourth-order valence-corrected chi connectivity index (χ4v) is 1.94. The van der Waals surface area contributed by atoms with Crippen LogP contribution in [0.3, 0.4) is 0 Å². The molecule has 0 fully saturated rings. The molecule has 0 radical (unpaired) electrons. The topological polar surface area (TPSA) is 20.2 Å². The zero-order valence-corrected chi connectivity index (χ0v) is 10.6. The van der Waals surface area contributed by atoms with Gasteiger partial charge in [0.15, 0.2) is 0 Å². The van der Waals surface area contributed by atoms with E-state index in [0.717, 1.165) is 6.42 Å². The van der Waals surface area contributed by atoms with Crippen molar-refractivity contribution < 1.29 is 5.11 Å². The van der Waals surface area contributed by atoms with Crippen LogP contribution in [0.1, 0.15) is 41.0 Å². The van der Waals surface area contributed by atoms with Gasteiger partial charge in [-0.25, -0.2) is 0 Å². The summed E-state index contributed by atoms with van der Waals surface area (Å²) in [4.78, 5) is 0. The predicted molar refractivity (Wildman–Crippen MR) is 65.6 cm³/mol. The van der Waals surface area contributed by atoms with Crippen molar-refractivity contribution in [3.05, 3.63) is 23.8 Å². The van der Waals surface area contributed by atoms with Crippen LogP contribution in [0.15, 0.2) is 23.8 Å². The molecule has 15 heavy (non-hydrogen) atoms. The summed E-state index contributed by atoms with van der Waals surface area (Å²) in [7, 11) is 0. The van der Waals surface area contributed by atoms with Gasteiger partial charge in [-0.05, 0) is 37.5 Å². The van der Waals surface area contributed by atoms with Gasteiger partial charge in [0.2, 0.25) is 0 Å². The lowest BCUT2D eigenvalue weighted by atomic mass is 9.77. The van der Waals surface area contributed by atoms with Crippen LogP contribution < -0.4 is 0 Å². The zero-order valence-electron chi connectivity index (χ0n) is 10.6. The molecule has 0 spiro atoms. The molecule has 1 nitrogen and oxygen atoms in total. The Hall–Kier alpha value is -0.560. The van der Waals surface area contributed by atoms with E-state index in [-0.39, 0.29) is 17.4 Å². The summed E-state index contributed by atoms with van der Waals surface area (Å²) in [5.74, 6) is 0.848. The Morgan fingerprint density at radius 3 is 2.47 bits per heavy atom. The van der Waals surface area contributed by atoms with Crippen LogP contribution >= 0.6 is 0 Å². The van der Waals surface area contributed by atoms with Gasteiger partial charge in [-0.1, -0.05) is 44.6 Å². The first-order chi connectivity index (χ1) is 6.85. The standard InChI is InChI=1S/C14H24O/c1-10(12(3)15)6-8-13-9-7-11(2)14(13,4)5/h6-8,10,12-13,15H,9H2,1-5H3/t10-,12-,13-/m1/s1. The normalized spacial score (nSPS) is 29.2. The number of aliphatic hydroxyl groups excluding tert-OH is 1. The summed E-state index contributed by atoms with van der Waals surface area (Å²) in [5.41, 5.74) is 1.77. The Bertz CT molecular complexity index is 271. The van der Waals surface area contributed by atoms with Gasteiger partial charge in [-0.15, -0.1) is 0 Å². The highest BCUT2D eigenvalue weighted by Crippen LogP contribution is 2.43. The third-order valence-electron chi connectivity index (χ3n) is 4.03. The minimum Gasteiger partial charge on any atom is -0.393 e. The van der Waals surface area contributed by atoms with Crippen LogP contribution in [0.4, 0.5) is 0 Å². The summed E-state index contributed by atoms with van der Waals surface area (Å²) in [6, 6.07) is 0. The van der Waals surface area contributed by atoms with Gasteiger partial charge < -0.3 is 5.11 Å². The number of aliphatic hydroxyl groups is 1. The van der Waals surface area contributed by atoms with E-state index in [1.165, 1.54) is 5.57 Å². The molecule has 0 aromatic carbocycles. The van der Waals surface area contributed by atoms with Crippen molar-refractivity contribution in [2.45, 2.75) is 47.1 Å². The lowest BCUT2D eigenvalue weighted by Gasteiger charge is -2.27.